The Morgan fingerprint density at radius 2 is 1.68 bits per heavy atom. The van der Waals surface area contributed by atoms with Crippen LogP contribution in [0.25, 0.3) is 0 Å². The van der Waals surface area contributed by atoms with Crippen LogP contribution in [0, 0.1) is 29.1 Å². The second kappa shape index (κ2) is 5.48. The lowest BCUT2D eigenvalue weighted by Gasteiger charge is -2.56. The molecule has 3 nitrogen and oxygen atoms in total. The fourth-order valence-corrected chi connectivity index (χ4v) is 5.59. The van der Waals surface area contributed by atoms with Crippen LogP contribution < -0.4 is 5.32 Å². The van der Waals surface area contributed by atoms with E-state index in [1.165, 1.54) is 25.3 Å². The molecule has 1 amide bonds. The predicted molar refractivity (Wildman–Crippen MR) is 84.5 cm³/mol. The second-order valence-corrected chi connectivity index (χ2v) is 8.02. The molecule has 0 aromatic heterocycles. The van der Waals surface area contributed by atoms with Gasteiger partial charge in [0, 0.05) is 11.1 Å². The highest BCUT2D eigenvalue weighted by atomic mass is 19.4. The minimum atomic E-state index is -4.65. The molecule has 0 radical (unpaired) electrons. The second-order valence-electron chi connectivity index (χ2n) is 8.02. The topological polar surface area (TPSA) is 52.9 Å². The Morgan fingerprint density at radius 3 is 2.16 bits per heavy atom. The van der Waals surface area contributed by atoms with Crippen LogP contribution >= 0.6 is 0 Å². The monoisotopic (exact) mass is 348 g/mol. The van der Waals surface area contributed by atoms with E-state index in [9.17, 15) is 18.0 Å². The molecule has 4 saturated carbocycles. The van der Waals surface area contributed by atoms with Crippen molar-refractivity contribution in [2.75, 3.05) is 0 Å². The summed E-state index contributed by atoms with van der Waals surface area (Å²) in [6.45, 7) is 0. The third-order valence-corrected chi connectivity index (χ3v) is 6.12. The van der Waals surface area contributed by atoms with E-state index >= 15 is 0 Å². The minimum absolute atomic E-state index is 0.0259. The molecule has 25 heavy (non-hydrogen) atoms. The van der Waals surface area contributed by atoms with Crippen molar-refractivity contribution in [1.82, 2.24) is 5.32 Å². The highest BCUT2D eigenvalue weighted by Gasteiger charge is 2.51. The van der Waals surface area contributed by atoms with Crippen molar-refractivity contribution in [3.05, 3.63) is 34.9 Å². The summed E-state index contributed by atoms with van der Waals surface area (Å²) in [6.07, 6.45) is 1.84. The molecule has 0 aliphatic heterocycles. The summed E-state index contributed by atoms with van der Waals surface area (Å²) in [4.78, 5) is 12.6. The number of hydrogen-bond acceptors (Lipinski definition) is 2. The summed E-state index contributed by atoms with van der Waals surface area (Å²) in [5.41, 5.74) is -1.79. The third-order valence-electron chi connectivity index (χ3n) is 6.12. The summed E-state index contributed by atoms with van der Waals surface area (Å²) in [5, 5.41) is 11.9. The van der Waals surface area contributed by atoms with Gasteiger partial charge in [0.15, 0.2) is 0 Å². The zero-order valence-electron chi connectivity index (χ0n) is 13.7. The number of alkyl halides is 3. The fourth-order valence-electron chi connectivity index (χ4n) is 5.59. The average Bonchev–Trinajstić information content (AvgIpc) is 2.51. The Kier molecular flexibility index (Phi) is 3.61. The van der Waals surface area contributed by atoms with E-state index in [-0.39, 0.29) is 11.1 Å². The molecule has 4 aliphatic rings. The maximum Gasteiger partial charge on any atom is 0.417 e. The van der Waals surface area contributed by atoms with Crippen molar-refractivity contribution in [2.24, 2.45) is 17.8 Å². The zero-order valence-corrected chi connectivity index (χ0v) is 13.7. The number of carbonyl (C=O) groups excluding carboxylic acids is 1. The first-order valence-electron chi connectivity index (χ1n) is 8.72. The maximum absolute atomic E-state index is 13.1. The van der Waals surface area contributed by atoms with Crippen molar-refractivity contribution in [3.8, 4) is 6.07 Å². The van der Waals surface area contributed by atoms with Crippen LogP contribution in [-0.2, 0) is 6.18 Å². The number of benzene rings is 1. The van der Waals surface area contributed by atoms with Gasteiger partial charge in [-0.15, -0.1) is 0 Å². The van der Waals surface area contributed by atoms with Crippen molar-refractivity contribution < 1.29 is 18.0 Å². The van der Waals surface area contributed by atoms with Gasteiger partial charge in [0.25, 0.3) is 5.91 Å². The van der Waals surface area contributed by atoms with E-state index in [1.54, 1.807) is 6.07 Å². The molecule has 0 atom stereocenters. The summed E-state index contributed by atoms with van der Waals surface area (Å²) in [6, 6.07) is 4.73. The predicted octanol–water partition coefficient (Wildman–Crippen LogP) is 4.28. The van der Waals surface area contributed by atoms with Gasteiger partial charge in [0.05, 0.1) is 17.2 Å². The van der Waals surface area contributed by atoms with Crippen LogP contribution in [0.3, 0.4) is 0 Å². The third kappa shape index (κ3) is 2.90. The van der Waals surface area contributed by atoms with Crippen molar-refractivity contribution in [1.29, 1.82) is 5.26 Å². The molecule has 1 aromatic carbocycles. The Balaban J connectivity index is 1.59. The average molecular weight is 348 g/mol. The Bertz CT molecular complexity index is 728. The van der Waals surface area contributed by atoms with Gasteiger partial charge in [-0.3, -0.25) is 4.79 Å². The standard InChI is InChI=1S/C19H19F3N2O/c20-19(21,22)16-6-14(1-2-15(16)10-23)17(25)24-18-7-11-3-12(8-18)5-13(4-11)9-18/h1-2,6,11-13H,3-5,7-9H2,(H,24,25). The van der Waals surface area contributed by atoms with Crippen LogP contribution in [0.1, 0.15) is 60.0 Å². The highest BCUT2D eigenvalue weighted by Crippen LogP contribution is 2.55. The van der Waals surface area contributed by atoms with Crippen LogP contribution in [0.2, 0.25) is 0 Å². The van der Waals surface area contributed by atoms with E-state index in [2.05, 4.69) is 5.32 Å². The number of rotatable bonds is 2. The Morgan fingerprint density at radius 1 is 1.12 bits per heavy atom. The van der Waals surface area contributed by atoms with Crippen molar-refractivity contribution in [2.45, 2.75) is 50.2 Å². The lowest BCUT2D eigenvalue weighted by molar-refractivity contribution is -0.137. The van der Waals surface area contributed by atoms with Gasteiger partial charge in [0.1, 0.15) is 0 Å². The van der Waals surface area contributed by atoms with Crippen LogP contribution in [0.4, 0.5) is 13.2 Å². The molecule has 1 aromatic rings. The van der Waals surface area contributed by atoms with E-state index in [0.29, 0.717) is 17.8 Å². The van der Waals surface area contributed by atoms with Crippen LogP contribution in [0.5, 0.6) is 0 Å². The van der Waals surface area contributed by atoms with Gasteiger partial charge in [0.2, 0.25) is 0 Å². The number of nitriles is 1. The number of carbonyl (C=O) groups is 1. The molecule has 5 rings (SSSR count). The van der Waals surface area contributed by atoms with Gasteiger partial charge in [-0.05, 0) is 74.5 Å². The lowest BCUT2D eigenvalue weighted by atomic mass is 9.53. The molecule has 0 spiro atoms. The lowest BCUT2D eigenvalue weighted by Crippen LogP contribution is -2.59. The van der Waals surface area contributed by atoms with Crippen LogP contribution in [0.15, 0.2) is 18.2 Å². The molecular formula is C19H19F3N2O. The van der Waals surface area contributed by atoms with E-state index in [0.717, 1.165) is 31.4 Å². The number of amides is 1. The first kappa shape index (κ1) is 16.4. The molecule has 4 bridgehead atoms. The normalized spacial score (nSPS) is 33.1. The molecule has 4 fully saturated rings. The van der Waals surface area contributed by atoms with Gasteiger partial charge in [-0.2, -0.15) is 18.4 Å². The van der Waals surface area contributed by atoms with Gasteiger partial charge in [-0.25, -0.2) is 0 Å². The zero-order chi connectivity index (χ0) is 17.8. The van der Waals surface area contributed by atoms with Gasteiger partial charge in [-0.1, -0.05) is 0 Å². The number of nitrogens with zero attached hydrogens (tertiary/aromatic N) is 1. The molecular weight excluding hydrogens is 329 g/mol. The first-order valence-corrected chi connectivity index (χ1v) is 8.72. The molecule has 0 heterocycles. The molecule has 0 unspecified atom stereocenters. The molecule has 6 heteroatoms. The maximum atomic E-state index is 13.1. The largest absolute Gasteiger partial charge is 0.417 e. The van der Waals surface area contributed by atoms with E-state index in [1.807, 2.05) is 0 Å². The summed E-state index contributed by atoms with van der Waals surface area (Å²) in [7, 11) is 0. The fraction of sp³-hybridized carbons (Fsp3) is 0.579. The number of halogens is 3. The molecule has 132 valence electrons. The van der Waals surface area contributed by atoms with Crippen molar-refractivity contribution >= 4 is 5.91 Å². The molecule has 4 aliphatic carbocycles. The smallest absolute Gasteiger partial charge is 0.347 e. The SMILES string of the molecule is N#Cc1ccc(C(=O)NC23CC4CC(CC(C4)C2)C3)cc1C(F)(F)F. The minimum Gasteiger partial charge on any atom is -0.347 e. The Hall–Kier alpha value is -2.03. The number of hydrogen-bond donors (Lipinski definition) is 1. The summed E-state index contributed by atoms with van der Waals surface area (Å²) < 4.78 is 39.3. The van der Waals surface area contributed by atoms with Gasteiger partial charge >= 0.3 is 6.18 Å². The molecule has 0 saturated heterocycles. The summed E-state index contributed by atoms with van der Waals surface area (Å²) >= 11 is 0. The Labute approximate surface area is 144 Å². The molecule has 1 N–H and O–H groups in total. The summed E-state index contributed by atoms with van der Waals surface area (Å²) in [5.74, 6) is 1.45. The van der Waals surface area contributed by atoms with Crippen LogP contribution in [-0.4, -0.2) is 11.4 Å². The first-order chi connectivity index (χ1) is 11.8. The highest BCUT2D eigenvalue weighted by molar-refractivity contribution is 5.95. The quantitative estimate of drug-likeness (QED) is 0.867. The van der Waals surface area contributed by atoms with Gasteiger partial charge < -0.3 is 5.32 Å². The van der Waals surface area contributed by atoms with E-state index in [4.69, 9.17) is 5.26 Å². The van der Waals surface area contributed by atoms with Crippen molar-refractivity contribution in [3.63, 3.8) is 0 Å². The van der Waals surface area contributed by atoms with E-state index < -0.39 is 23.2 Å². The number of nitrogens with one attached hydrogen (secondary N) is 1.